The summed E-state index contributed by atoms with van der Waals surface area (Å²) in [6, 6.07) is 8.66. The maximum Gasteiger partial charge on any atom is 0.275 e. The molecule has 1 aromatic carbocycles. The Balaban J connectivity index is 2.30. The summed E-state index contributed by atoms with van der Waals surface area (Å²) >= 11 is 3.29. The highest BCUT2D eigenvalue weighted by molar-refractivity contribution is 9.10. The highest BCUT2D eigenvalue weighted by Crippen LogP contribution is 2.21. The number of nitrogens with one attached hydrogen (secondary N) is 2. The topological polar surface area (TPSA) is 71.1 Å². The summed E-state index contributed by atoms with van der Waals surface area (Å²) < 4.78 is 0.614. The Bertz CT molecular complexity index is 701. The molecule has 2 amide bonds. The van der Waals surface area contributed by atoms with Crippen molar-refractivity contribution >= 4 is 33.4 Å². The predicted octanol–water partition coefficient (Wildman–Crippen LogP) is 2.76. The molecule has 0 saturated heterocycles. The van der Waals surface area contributed by atoms with Gasteiger partial charge in [-0.15, -0.1) is 0 Å². The second-order valence-electron chi connectivity index (χ2n) is 4.35. The number of carbonyl (C=O) groups excluding carboxylic acids is 2. The van der Waals surface area contributed by atoms with Crippen LogP contribution in [0.5, 0.6) is 0 Å². The summed E-state index contributed by atoms with van der Waals surface area (Å²) in [5, 5.41) is 5.35. The fraction of sp³-hybridized carbons (Fsp3) is 0.133. The number of hydrogen-bond acceptors (Lipinski definition) is 3. The minimum atomic E-state index is -0.334. The van der Waals surface area contributed by atoms with Crippen LogP contribution >= 0.6 is 15.9 Å². The van der Waals surface area contributed by atoms with Gasteiger partial charge in [-0.2, -0.15) is 0 Å². The number of rotatable bonds is 3. The smallest absolute Gasteiger partial charge is 0.275 e. The van der Waals surface area contributed by atoms with E-state index in [1.807, 2.05) is 0 Å². The van der Waals surface area contributed by atoms with Crippen LogP contribution in [-0.4, -0.2) is 23.8 Å². The van der Waals surface area contributed by atoms with Crippen molar-refractivity contribution in [1.29, 1.82) is 0 Å². The van der Waals surface area contributed by atoms with E-state index in [4.69, 9.17) is 0 Å². The number of benzene rings is 1. The molecule has 0 fully saturated rings. The lowest BCUT2D eigenvalue weighted by Crippen LogP contribution is -2.20. The second kappa shape index (κ2) is 6.49. The molecule has 2 rings (SSSR count). The average Bonchev–Trinajstić information content (AvgIpc) is 2.49. The Hall–Kier alpha value is -2.21. The molecule has 0 aliphatic heterocycles. The van der Waals surface area contributed by atoms with Crippen LogP contribution in [0.25, 0.3) is 0 Å². The van der Waals surface area contributed by atoms with Crippen molar-refractivity contribution < 1.29 is 9.59 Å². The van der Waals surface area contributed by atoms with Gasteiger partial charge in [0, 0.05) is 29.0 Å². The molecule has 2 aromatic rings. The summed E-state index contributed by atoms with van der Waals surface area (Å²) in [7, 11) is 1.57. The number of anilines is 1. The Morgan fingerprint density at radius 2 is 1.90 bits per heavy atom. The van der Waals surface area contributed by atoms with Gasteiger partial charge in [-0.3, -0.25) is 9.59 Å². The highest BCUT2D eigenvalue weighted by Gasteiger charge is 2.15. The minimum absolute atomic E-state index is 0.192. The van der Waals surface area contributed by atoms with Gasteiger partial charge in [0.15, 0.2) is 0 Å². The first kappa shape index (κ1) is 15.2. The zero-order valence-electron chi connectivity index (χ0n) is 11.6. The summed E-state index contributed by atoms with van der Waals surface area (Å²) in [6.07, 6.45) is 1.55. The molecule has 21 heavy (non-hydrogen) atoms. The van der Waals surface area contributed by atoms with Crippen LogP contribution in [0, 0.1) is 6.92 Å². The highest BCUT2D eigenvalue weighted by atomic mass is 79.9. The lowest BCUT2D eigenvalue weighted by atomic mass is 10.1. The molecule has 0 aliphatic carbocycles. The third kappa shape index (κ3) is 3.28. The number of aromatic nitrogens is 1. The molecule has 6 heteroatoms. The van der Waals surface area contributed by atoms with Gasteiger partial charge in [0.2, 0.25) is 0 Å². The zero-order valence-corrected chi connectivity index (χ0v) is 13.2. The van der Waals surface area contributed by atoms with Crippen LogP contribution in [0.1, 0.15) is 26.4 Å². The maximum absolute atomic E-state index is 12.2. The third-order valence-electron chi connectivity index (χ3n) is 3.03. The number of carbonyl (C=O) groups is 2. The number of hydrogen-bond donors (Lipinski definition) is 2. The van der Waals surface area contributed by atoms with Crippen molar-refractivity contribution in [2.24, 2.45) is 0 Å². The fourth-order valence-corrected chi connectivity index (χ4v) is 2.32. The summed E-state index contributed by atoms with van der Waals surface area (Å²) in [6.45, 7) is 1.79. The van der Waals surface area contributed by atoms with Gasteiger partial charge in [0.25, 0.3) is 11.8 Å². The van der Waals surface area contributed by atoms with Crippen molar-refractivity contribution in [2.75, 3.05) is 12.4 Å². The standard InChI is InChI=1S/C15H14BrN3O2/c1-9-10(14(20)17-2)5-3-7-12(9)19-15(21)13-11(16)6-4-8-18-13/h3-8H,1-2H3,(H,17,20)(H,19,21). The Labute approximate surface area is 130 Å². The van der Waals surface area contributed by atoms with Crippen molar-refractivity contribution in [1.82, 2.24) is 10.3 Å². The first-order valence-corrected chi connectivity index (χ1v) is 7.07. The van der Waals surface area contributed by atoms with Crippen LogP contribution in [0.3, 0.4) is 0 Å². The van der Waals surface area contributed by atoms with Gasteiger partial charge in [-0.05, 0) is 52.7 Å². The van der Waals surface area contributed by atoms with Gasteiger partial charge in [-0.1, -0.05) is 6.07 Å². The number of halogens is 1. The van der Waals surface area contributed by atoms with Crippen LogP contribution in [0.15, 0.2) is 41.0 Å². The van der Waals surface area contributed by atoms with E-state index < -0.39 is 0 Å². The molecule has 0 aliphatic rings. The molecule has 0 bridgehead atoms. The van der Waals surface area contributed by atoms with Crippen LogP contribution < -0.4 is 10.6 Å². The molecular formula is C15H14BrN3O2. The number of amides is 2. The van der Waals surface area contributed by atoms with E-state index in [2.05, 4.69) is 31.5 Å². The predicted molar refractivity (Wildman–Crippen MR) is 84.5 cm³/mol. The molecule has 1 aromatic heterocycles. The summed E-state index contributed by atoms with van der Waals surface area (Å²) in [5.74, 6) is -0.526. The molecule has 2 N–H and O–H groups in total. The fourth-order valence-electron chi connectivity index (χ4n) is 1.89. The summed E-state index contributed by atoms with van der Waals surface area (Å²) in [5.41, 5.74) is 2.11. The normalized spacial score (nSPS) is 10.0. The molecular weight excluding hydrogens is 334 g/mol. The molecule has 0 unspecified atom stereocenters. The third-order valence-corrected chi connectivity index (χ3v) is 3.67. The molecule has 0 saturated carbocycles. The van der Waals surface area contributed by atoms with Gasteiger partial charge in [0.1, 0.15) is 5.69 Å². The monoisotopic (exact) mass is 347 g/mol. The van der Waals surface area contributed by atoms with E-state index in [-0.39, 0.29) is 11.8 Å². The van der Waals surface area contributed by atoms with Gasteiger partial charge in [0.05, 0.1) is 0 Å². The Morgan fingerprint density at radius 1 is 1.14 bits per heavy atom. The Morgan fingerprint density at radius 3 is 2.57 bits per heavy atom. The van der Waals surface area contributed by atoms with Crippen molar-refractivity contribution in [3.8, 4) is 0 Å². The van der Waals surface area contributed by atoms with Crippen LogP contribution in [0.4, 0.5) is 5.69 Å². The number of pyridine rings is 1. The first-order chi connectivity index (χ1) is 10.0. The van der Waals surface area contributed by atoms with E-state index >= 15 is 0 Å². The molecule has 108 valence electrons. The lowest BCUT2D eigenvalue weighted by Gasteiger charge is -2.12. The minimum Gasteiger partial charge on any atom is -0.355 e. The second-order valence-corrected chi connectivity index (χ2v) is 5.20. The molecule has 5 nitrogen and oxygen atoms in total. The van der Waals surface area contributed by atoms with Gasteiger partial charge >= 0.3 is 0 Å². The van der Waals surface area contributed by atoms with Crippen LogP contribution in [0.2, 0.25) is 0 Å². The zero-order chi connectivity index (χ0) is 15.4. The van der Waals surface area contributed by atoms with E-state index in [1.54, 1.807) is 50.5 Å². The van der Waals surface area contributed by atoms with E-state index in [0.717, 1.165) is 0 Å². The van der Waals surface area contributed by atoms with E-state index in [1.165, 1.54) is 0 Å². The summed E-state index contributed by atoms with van der Waals surface area (Å²) in [4.78, 5) is 28.0. The lowest BCUT2D eigenvalue weighted by molar-refractivity contribution is 0.0960. The van der Waals surface area contributed by atoms with Gasteiger partial charge < -0.3 is 10.6 Å². The quantitative estimate of drug-likeness (QED) is 0.896. The molecule has 1 heterocycles. The van der Waals surface area contributed by atoms with E-state index in [0.29, 0.717) is 27.0 Å². The molecule has 0 spiro atoms. The van der Waals surface area contributed by atoms with Crippen molar-refractivity contribution in [3.05, 3.63) is 57.8 Å². The SMILES string of the molecule is CNC(=O)c1cccc(NC(=O)c2ncccc2Br)c1C. The molecule has 0 radical (unpaired) electrons. The average molecular weight is 348 g/mol. The maximum atomic E-state index is 12.2. The van der Waals surface area contributed by atoms with E-state index in [9.17, 15) is 9.59 Å². The largest absolute Gasteiger partial charge is 0.355 e. The molecule has 0 atom stereocenters. The van der Waals surface area contributed by atoms with Crippen molar-refractivity contribution in [2.45, 2.75) is 6.92 Å². The first-order valence-electron chi connectivity index (χ1n) is 6.28. The van der Waals surface area contributed by atoms with Crippen LogP contribution in [-0.2, 0) is 0 Å². The Kier molecular flexibility index (Phi) is 4.70. The number of nitrogens with zero attached hydrogens (tertiary/aromatic N) is 1. The van der Waals surface area contributed by atoms with Gasteiger partial charge in [-0.25, -0.2) is 4.98 Å². The van der Waals surface area contributed by atoms with Crippen molar-refractivity contribution in [3.63, 3.8) is 0 Å².